The molecule has 3 rings (SSSR count). The molecule has 0 unspecified atom stereocenters. The number of nitrogens with zero attached hydrogens (tertiary/aromatic N) is 3. The van der Waals surface area contributed by atoms with Gasteiger partial charge in [0.05, 0.1) is 17.2 Å². The molecule has 1 aromatic heterocycles. The summed E-state index contributed by atoms with van der Waals surface area (Å²) in [5, 5.41) is 1.53. The van der Waals surface area contributed by atoms with Crippen molar-refractivity contribution < 1.29 is 0 Å². The molecule has 7 nitrogen and oxygen atoms in total. The number of allylic oxidation sites excluding steroid dienone is 2. The SMILES string of the molecule is C=N/C(=C1/c2cc[nH]c2N=CN1N)[C@H]1CC[C@H](C=C(N)N)CC1. The van der Waals surface area contributed by atoms with Gasteiger partial charge in [0.2, 0.25) is 0 Å². The lowest BCUT2D eigenvalue weighted by molar-refractivity contribution is 0.340. The maximum absolute atomic E-state index is 6.11. The molecule has 0 bridgehead atoms. The van der Waals surface area contributed by atoms with Crippen molar-refractivity contribution in [2.75, 3.05) is 0 Å². The molecule has 0 radical (unpaired) electrons. The Morgan fingerprint density at radius 2 is 2.09 bits per heavy atom. The number of H-pyrrole nitrogens is 1. The summed E-state index contributed by atoms with van der Waals surface area (Å²) in [5.41, 5.74) is 13.9. The first kappa shape index (κ1) is 15.4. The van der Waals surface area contributed by atoms with Crippen LogP contribution in [0.1, 0.15) is 31.2 Å². The van der Waals surface area contributed by atoms with Crippen molar-refractivity contribution >= 4 is 24.6 Å². The van der Waals surface area contributed by atoms with Crippen LogP contribution in [0.2, 0.25) is 0 Å². The van der Waals surface area contributed by atoms with E-state index in [9.17, 15) is 0 Å². The molecule has 7 N–H and O–H groups in total. The zero-order chi connectivity index (χ0) is 16.4. The third-order valence-corrected chi connectivity index (χ3v) is 4.55. The summed E-state index contributed by atoms with van der Waals surface area (Å²) in [6.45, 7) is 3.77. The van der Waals surface area contributed by atoms with E-state index in [4.69, 9.17) is 17.3 Å². The monoisotopic (exact) mass is 313 g/mol. The van der Waals surface area contributed by atoms with Crippen LogP contribution in [0.3, 0.4) is 0 Å². The predicted octanol–water partition coefficient (Wildman–Crippen LogP) is 1.80. The second-order valence-electron chi connectivity index (χ2n) is 6.06. The van der Waals surface area contributed by atoms with Crippen LogP contribution in [0.4, 0.5) is 5.82 Å². The summed E-state index contributed by atoms with van der Waals surface area (Å²) in [6, 6.07) is 1.97. The van der Waals surface area contributed by atoms with Crippen molar-refractivity contribution in [2.45, 2.75) is 25.7 Å². The molecule has 2 aliphatic rings. The van der Waals surface area contributed by atoms with Crippen LogP contribution in [-0.2, 0) is 0 Å². The van der Waals surface area contributed by atoms with E-state index in [2.05, 4.69) is 21.7 Å². The van der Waals surface area contributed by atoms with Gasteiger partial charge in [-0.05, 0) is 50.5 Å². The third-order valence-electron chi connectivity index (χ3n) is 4.55. The first-order valence-electron chi connectivity index (χ1n) is 7.79. The topological polar surface area (TPSA) is 122 Å². The fourth-order valence-corrected chi connectivity index (χ4v) is 3.47. The van der Waals surface area contributed by atoms with Crippen LogP contribution >= 0.6 is 0 Å². The van der Waals surface area contributed by atoms with Crippen LogP contribution in [0.15, 0.2) is 39.8 Å². The van der Waals surface area contributed by atoms with Gasteiger partial charge in [-0.3, -0.25) is 10.0 Å². The Morgan fingerprint density at radius 1 is 1.35 bits per heavy atom. The van der Waals surface area contributed by atoms with E-state index in [1.165, 1.54) is 5.01 Å². The summed E-state index contributed by atoms with van der Waals surface area (Å²) in [4.78, 5) is 11.7. The van der Waals surface area contributed by atoms with Crippen LogP contribution in [0.5, 0.6) is 0 Å². The minimum atomic E-state index is 0.325. The average Bonchev–Trinajstić information content (AvgIpc) is 2.99. The maximum Gasteiger partial charge on any atom is 0.141 e. The Morgan fingerprint density at radius 3 is 2.74 bits per heavy atom. The maximum atomic E-state index is 6.11. The number of hydrogen-bond donors (Lipinski definition) is 4. The molecule has 2 heterocycles. The second-order valence-corrected chi connectivity index (χ2v) is 6.06. The number of aromatic amines is 1. The number of hydrazine groups is 1. The van der Waals surface area contributed by atoms with Gasteiger partial charge in [-0.15, -0.1) is 0 Å². The predicted molar refractivity (Wildman–Crippen MR) is 93.3 cm³/mol. The molecule has 23 heavy (non-hydrogen) atoms. The zero-order valence-corrected chi connectivity index (χ0v) is 13.1. The van der Waals surface area contributed by atoms with E-state index in [0.717, 1.165) is 48.5 Å². The van der Waals surface area contributed by atoms with Crippen LogP contribution in [-0.4, -0.2) is 23.0 Å². The number of fused-ring (bicyclic) bond motifs is 1. The van der Waals surface area contributed by atoms with E-state index in [1.54, 1.807) is 6.34 Å². The summed E-state index contributed by atoms with van der Waals surface area (Å²) in [6.07, 6.45) is 9.50. The van der Waals surface area contributed by atoms with Gasteiger partial charge in [0, 0.05) is 17.7 Å². The Hall–Kier alpha value is -2.54. The molecule has 0 aromatic carbocycles. The van der Waals surface area contributed by atoms with Crippen molar-refractivity contribution in [3.63, 3.8) is 0 Å². The highest BCUT2D eigenvalue weighted by molar-refractivity contribution is 5.87. The summed E-state index contributed by atoms with van der Waals surface area (Å²) < 4.78 is 0. The lowest BCUT2D eigenvalue weighted by Gasteiger charge is -2.31. The van der Waals surface area contributed by atoms with Crippen LogP contribution < -0.4 is 17.3 Å². The van der Waals surface area contributed by atoms with E-state index in [0.29, 0.717) is 17.7 Å². The minimum Gasteiger partial charge on any atom is -0.386 e. The normalized spacial score (nSPS) is 25.7. The highest BCUT2D eigenvalue weighted by Crippen LogP contribution is 2.40. The van der Waals surface area contributed by atoms with Gasteiger partial charge >= 0.3 is 0 Å². The fourth-order valence-electron chi connectivity index (χ4n) is 3.47. The summed E-state index contributed by atoms with van der Waals surface area (Å²) in [7, 11) is 0. The number of aromatic nitrogens is 1. The van der Waals surface area contributed by atoms with Crippen molar-refractivity contribution in [1.29, 1.82) is 0 Å². The number of rotatable bonds is 3. The standard InChI is InChI=1S/C16H23N7/c1-20-14(11-4-2-10(3-5-11)8-13(17)18)15-12-6-7-21-16(12)22-9-23(15)19/h6-11,21H,1-5,17-19H2/b15-14-/t10-,11-. The van der Waals surface area contributed by atoms with Crippen molar-refractivity contribution in [2.24, 2.45) is 39.1 Å². The van der Waals surface area contributed by atoms with E-state index >= 15 is 0 Å². The number of nitrogens with two attached hydrogens (primary N) is 3. The highest BCUT2D eigenvalue weighted by Gasteiger charge is 2.28. The second kappa shape index (κ2) is 6.29. The first-order chi connectivity index (χ1) is 11.1. The van der Waals surface area contributed by atoms with Gasteiger partial charge in [0.15, 0.2) is 0 Å². The van der Waals surface area contributed by atoms with Gasteiger partial charge in [-0.1, -0.05) is 0 Å². The molecule has 1 aliphatic carbocycles. The molecular formula is C16H23N7. The van der Waals surface area contributed by atoms with Gasteiger partial charge < -0.3 is 16.5 Å². The lowest BCUT2D eigenvalue weighted by atomic mass is 9.79. The molecule has 122 valence electrons. The molecule has 0 spiro atoms. The smallest absolute Gasteiger partial charge is 0.141 e. The van der Waals surface area contributed by atoms with Crippen molar-refractivity contribution in [3.05, 3.63) is 35.4 Å². The Bertz CT molecular complexity index is 670. The van der Waals surface area contributed by atoms with Gasteiger partial charge in [0.25, 0.3) is 0 Å². The Balaban J connectivity index is 1.87. The molecule has 1 aromatic rings. The molecule has 0 amide bonds. The van der Waals surface area contributed by atoms with Crippen LogP contribution in [0, 0.1) is 11.8 Å². The quantitative estimate of drug-likeness (QED) is 0.502. The molecule has 7 heteroatoms. The minimum absolute atomic E-state index is 0.325. The molecule has 1 fully saturated rings. The van der Waals surface area contributed by atoms with Crippen molar-refractivity contribution in [1.82, 2.24) is 9.99 Å². The van der Waals surface area contributed by atoms with Crippen LogP contribution in [0.25, 0.3) is 5.70 Å². The number of aliphatic imine (C=N–C) groups is 2. The molecular weight excluding hydrogens is 290 g/mol. The van der Waals surface area contributed by atoms with Crippen molar-refractivity contribution in [3.8, 4) is 0 Å². The Kier molecular flexibility index (Phi) is 4.20. The molecule has 1 aliphatic heterocycles. The largest absolute Gasteiger partial charge is 0.386 e. The fraction of sp³-hybridized carbons (Fsp3) is 0.375. The summed E-state index contributed by atoms with van der Waals surface area (Å²) >= 11 is 0. The van der Waals surface area contributed by atoms with E-state index in [1.807, 2.05) is 18.3 Å². The van der Waals surface area contributed by atoms with Gasteiger partial charge in [-0.2, -0.15) is 0 Å². The van der Waals surface area contributed by atoms with Gasteiger partial charge in [-0.25, -0.2) is 10.8 Å². The third kappa shape index (κ3) is 3.00. The molecule has 0 atom stereocenters. The summed E-state index contributed by atoms with van der Waals surface area (Å²) in [5.74, 6) is 8.08. The Labute approximate surface area is 135 Å². The van der Waals surface area contributed by atoms with E-state index < -0.39 is 0 Å². The molecule has 0 saturated heterocycles. The number of hydrogen-bond acceptors (Lipinski definition) is 6. The van der Waals surface area contributed by atoms with E-state index in [-0.39, 0.29) is 0 Å². The first-order valence-corrected chi connectivity index (χ1v) is 7.79. The lowest BCUT2D eigenvalue weighted by Crippen LogP contribution is -2.31. The zero-order valence-electron chi connectivity index (χ0n) is 13.1. The molecule has 1 saturated carbocycles. The highest BCUT2D eigenvalue weighted by atomic mass is 15.4. The number of nitrogens with one attached hydrogen (secondary N) is 1. The average molecular weight is 313 g/mol. The van der Waals surface area contributed by atoms with Gasteiger partial charge in [0.1, 0.15) is 12.2 Å².